The summed E-state index contributed by atoms with van der Waals surface area (Å²) >= 11 is 0. The number of piperidine rings is 1. The largest absolute Gasteiger partial charge is 0.497 e. The van der Waals surface area contributed by atoms with E-state index < -0.39 is 0 Å². The van der Waals surface area contributed by atoms with E-state index >= 15 is 0 Å². The van der Waals surface area contributed by atoms with E-state index in [1.54, 1.807) is 39.5 Å². The number of rotatable bonds is 15. The number of carbonyl (C=O) groups is 2. The van der Waals surface area contributed by atoms with Crippen LogP contribution >= 0.6 is 0 Å². The molecule has 1 fully saturated rings. The molecule has 0 bridgehead atoms. The fraction of sp³-hybridized carbons (Fsp3) is 0.562. The number of hydrogen-bond donors (Lipinski definition) is 0. The first-order valence-corrected chi connectivity index (χ1v) is 14.5. The van der Waals surface area contributed by atoms with Crippen molar-refractivity contribution in [3.05, 3.63) is 53.6 Å². The van der Waals surface area contributed by atoms with Crippen molar-refractivity contribution in [3.8, 4) is 17.2 Å². The van der Waals surface area contributed by atoms with E-state index in [0.29, 0.717) is 56.4 Å². The maximum absolute atomic E-state index is 14.0. The van der Waals surface area contributed by atoms with Gasteiger partial charge in [-0.2, -0.15) is 0 Å². The van der Waals surface area contributed by atoms with E-state index in [1.165, 1.54) is 0 Å². The van der Waals surface area contributed by atoms with Crippen molar-refractivity contribution in [1.29, 1.82) is 0 Å². The van der Waals surface area contributed by atoms with Gasteiger partial charge < -0.3 is 28.6 Å². The van der Waals surface area contributed by atoms with Crippen LogP contribution < -0.4 is 14.2 Å². The lowest BCUT2D eigenvalue weighted by atomic mass is 9.93. The molecule has 9 nitrogen and oxygen atoms in total. The Morgan fingerprint density at radius 2 is 1.73 bits per heavy atom. The summed E-state index contributed by atoms with van der Waals surface area (Å²) in [5, 5.41) is 0. The van der Waals surface area contributed by atoms with Crippen LogP contribution in [0, 0.1) is 0 Å². The molecule has 0 spiro atoms. The molecule has 1 amide bonds. The van der Waals surface area contributed by atoms with Gasteiger partial charge in [-0.15, -0.1) is 0 Å². The molecule has 41 heavy (non-hydrogen) atoms. The van der Waals surface area contributed by atoms with E-state index in [-0.39, 0.29) is 30.0 Å². The normalized spacial score (nSPS) is 17.2. The van der Waals surface area contributed by atoms with Gasteiger partial charge in [-0.3, -0.25) is 14.5 Å². The van der Waals surface area contributed by atoms with E-state index in [2.05, 4.69) is 4.90 Å². The second-order valence-corrected chi connectivity index (χ2v) is 10.5. The quantitative estimate of drug-likeness (QED) is 0.220. The van der Waals surface area contributed by atoms with Crippen LogP contribution in [0.2, 0.25) is 0 Å². The summed E-state index contributed by atoms with van der Waals surface area (Å²) in [6.45, 7) is 8.63. The number of esters is 1. The first kappa shape index (κ1) is 32.2. The highest BCUT2D eigenvalue weighted by Crippen LogP contribution is 2.32. The minimum Gasteiger partial charge on any atom is -0.497 e. The molecular formula is C32H46N2O7. The smallest absolute Gasteiger partial charge is 0.307 e. The van der Waals surface area contributed by atoms with Crippen molar-refractivity contribution in [2.24, 2.45) is 0 Å². The number of amides is 1. The van der Waals surface area contributed by atoms with E-state index in [1.807, 2.05) is 49.9 Å². The fourth-order valence-electron chi connectivity index (χ4n) is 5.39. The first-order valence-electron chi connectivity index (χ1n) is 14.5. The predicted molar refractivity (Wildman–Crippen MR) is 158 cm³/mol. The summed E-state index contributed by atoms with van der Waals surface area (Å²) in [6.07, 6.45) is 2.64. The van der Waals surface area contributed by atoms with Gasteiger partial charge in [0, 0.05) is 56.9 Å². The highest BCUT2D eigenvalue weighted by molar-refractivity contribution is 5.95. The molecule has 1 saturated heterocycles. The van der Waals surface area contributed by atoms with Crippen LogP contribution in [0.1, 0.15) is 62.4 Å². The summed E-state index contributed by atoms with van der Waals surface area (Å²) in [5.41, 5.74) is 1.67. The molecule has 3 rings (SSSR count). The Labute approximate surface area is 244 Å². The molecule has 2 unspecified atom stereocenters. The Balaban J connectivity index is 1.82. The molecule has 1 heterocycles. The van der Waals surface area contributed by atoms with Crippen LogP contribution in [-0.4, -0.2) is 87.5 Å². The van der Waals surface area contributed by atoms with Gasteiger partial charge >= 0.3 is 5.97 Å². The molecule has 2 aromatic rings. The summed E-state index contributed by atoms with van der Waals surface area (Å²) in [5.74, 6) is 1.68. The van der Waals surface area contributed by atoms with Crippen molar-refractivity contribution >= 4 is 11.9 Å². The van der Waals surface area contributed by atoms with E-state index in [9.17, 15) is 9.59 Å². The molecule has 9 heteroatoms. The number of hydrogen-bond acceptors (Lipinski definition) is 8. The van der Waals surface area contributed by atoms with Crippen molar-refractivity contribution in [1.82, 2.24) is 9.80 Å². The number of nitrogens with zero attached hydrogens (tertiary/aromatic N) is 2. The zero-order valence-corrected chi connectivity index (χ0v) is 25.4. The molecule has 1 aliphatic rings. The summed E-state index contributed by atoms with van der Waals surface area (Å²) in [6, 6.07) is 13.3. The maximum atomic E-state index is 14.0. The zero-order chi connectivity index (χ0) is 29.8. The Morgan fingerprint density at radius 3 is 2.37 bits per heavy atom. The number of carbonyl (C=O) groups excluding carboxylic acids is 2. The second-order valence-electron chi connectivity index (χ2n) is 10.5. The molecule has 0 radical (unpaired) electrons. The molecule has 1 aliphatic heterocycles. The Bertz CT molecular complexity index is 1110. The minimum absolute atomic E-state index is 0.0210. The molecule has 0 N–H and O–H groups in total. The number of methoxy groups -OCH3 is 3. The average Bonchev–Trinajstić information content (AvgIpc) is 2.97. The lowest BCUT2D eigenvalue weighted by Gasteiger charge is -2.45. The van der Waals surface area contributed by atoms with E-state index in [4.69, 9.17) is 23.7 Å². The molecule has 226 valence electrons. The topological polar surface area (TPSA) is 86.8 Å². The van der Waals surface area contributed by atoms with Gasteiger partial charge in [0.15, 0.2) is 11.5 Å². The van der Waals surface area contributed by atoms with Crippen molar-refractivity contribution in [3.63, 3.8) is 0 Å². The number of benzene rings is 2. The molecule has 0 saturated carbocycles. The number of ether oxygens (including phenoxy) is 5. The SMILES string of the molecule is CCOC(=O)CC1CCC(N(C(=O)c2ccc(OC)c(OCCCOC)c2)C(C)C)CN1Cc1ccc(OC)cc1. The Hall–Kier alpha value is -3.30. The van der Waals surface area contributed by atoms with Crippen LogP contribution in [0.15, 0.2) is 42.5 Å². The zero-order valence-electron chi connectivity index (χ0n) is 25.4. The molecule has 0 aromatic heterocycles. The Kier molecular flexibility index (Phi) is 12.7. The molecular weight excluding hydrogens is 524 g/mol. The van der Waals surface area contributed by atoms with Gasteiger partial charge in [-0.05, 0) is 69.5 Å². The fourth-order valence-corrected chi connectivity index (χ4v) is 5.39. The van der Waals surface area contributed by atoms with Crippen LogP contribution in [0.3, 0.4) is 0 Å². The highest BCUT2D eigenvalue weighted by Gasteiger charge is 2.36. The lowest BCUT2D eigenvalue weighted by Crippen LogP contribution is -2.55. The van der Waals surface area contributed by atoms with Gasteiger partial charge in [0.25, 0.3) is 5.91 Å². The lowest BCUT2D eigenvalue weighted by molar-refractivity contribution is -0.145. The monoisotopic (exact) mass is 570 g/mol. The van der Waals surface area contributed by atoms with Crippen molar-refractivity contribution in [2.45, 2.75) is 71.1 Å². The third-order valence-electron chi connectivity index (χ3n) is 7.39. The van der Waals surface area contributed by atoms with Gasteiger partial charge in [-0.1, -0.05) is 12.1 Å². The van der Waals surface area contributed by atoms with Gasteiger partial charge in [0.05, 0.1) is 33.9 Å². The standard InChI is InChI=1S/C32H46N2O7/c1-7-40-31(35)20-26-12-13-27(22-33(26)21-24-9-14-28(38-5)15-10-24)34(23(2)3)32(36)25-11-16-29(39-6)30(19-25)41-18-8-17-37-4/h9-11,14-16,19,23,26-27H,7-8,12-13,17-18,20-22H2,1-6H3. The third-order valence-corrected chi connectivity index (χ3v) is 7.39. The molecule has 2 atom stereocenters. The van der Waals surface area contributed by atoms with Gasteiger partial charge in [0.1, 0.15) is 5.75 Å². The Morgan fingerprint density at radius 1 is 0.976 bits per heavy atom. The summed E-state index contributed by atoms with van der Waals surface area (Å²) in [4.78, 5) is 30.7. The van der Waals surface area contributed by atoms with Crippen molar-refractivity contribution < 1.29 is 33.3 Å². The third kappa shape index (κ3) is 9.10. The highest BCUT2D eigenvalue weighted by atomic mass is 16.5. The van der Waals surface area contributed by atoms with Crippen LogP contribution in [0.25, 0.3) is 0 Å². The van der Waals surface area contributed by atoms with E-state index in [0.717, 1.165) is 30.6 Å². The predicted octanol–water partition coefficient (Wildman–Crippen LogP) is 4.96. The maximum Gasteiger partial charge on any atom is 0.307 e. The van der Waals surface area contributed by atoms with Crippen LogP contribution in [-0.2, 0) is 20.8 Å². The van der Waals surface area contributed by atoms with Crippen LogP contribution in [0.5, 0.6) is 17.2 Å². The van der Waals surface area contributed by atoms with Crippen molar-refractivity contribution in [2.75, 3.05) is 47.7 Å². The molecule has 0 aliphatic carbocycles. The summed E-state index contributed by atoms with van der Waals surface area (Å²) < 4.78 is 27.1. The molecule has 2 aromatic carbocycles. The number of likely N-dealkylation sites (tertiary alicyclic amines) is 1. The van der Waals surface area contributed by atoms with Gasteiger partial charge in [0.2, 0.25) is 0 Å². The van der Waals surface area contributed by atoms with Gasteiger partial charge in [-0.25, -0.2) is 0 Å². The van der Waals surface area contributed by atoms with Crippen LogP contribution in [0.4, 0.5) is 0 Å². The minimum atomic E-state index is -0.191. The average molecular weight is 571 g/mol. The summed E-state index contributed by atoms with van der Waals surface area (Å²) in [7, 11) is 4.89. The second kappa shape index (κ2) is 16.2. The first-order chi connectivity index (χ1) is 19.8.